The molecule has 4 N–H and O–H groups in total. The fourth-order valence-electron chi connectivity index (χ4n) is 1.59. The van der Waals surface area contributed by atoms with Crippen molar-refractivity contribution in [3.05, 3.63) is 35.5 Å². The van der Waals surface area contributed by atoms with Crippen LogP contribution in [0, 0.1) is 18.3 Å². The van der Waals surface area contributed by atoms with Crippen LogP contribution in [0.2, 0.25) is 0 Å². The molecule has 5 heteroatoms. The highest BCUT2D eigenvalue weighted by Crippen LogP contribution is 2.19. The molecule has 1 aromatic carbocycles. The SMILES string of the molecule is CCCCNC(=O)/C(C#N)=C\Nc1ccc(C)cc1N. The number of nitrogens with two attached hydrogens (primary N) is 1. The Hall–Kier alpha value is -2.48. The minimum atomic E-state index is -0.376. The molecule has 0 heterocycles. The Morgan fingerprint density at radius 3 is 2.85 bits per heavy atom. The summed E-state index contributed by atoms with van der Waals surface area (Å²) in [6.07, 6.45) is 3.26. The number of carbonyl (C=O) groups is 1. The van der Waals surface area contributed by atoms with Gasteiger partial charge in [0.2, 0.25) is 0 Å². The summed E-state index contributed by atoms with van der Waals surface area (Å²) in [5.74, 6) is -0.376. The van der Waals surface area contributed by atoms with Crippen molar-refractivity contribution in [2.75, 3.05) is 17.6 Å². The number of aryl methyl sites for hydroxylation is 1. The maximum atomic E-state index is 11.7. The number of nitrogens with one attached hydrogen (secondary N) is 2. The Labute approximate surface area is 119 Å². The molecule has 0 saturated carbocycles. The predicted molar refractivity (Wildman–Crippen MR) is 80.8 cm³/mol. The van der Waals surface area contributed by atoms with E-state index in [0.29, 0.717) is 17.9 Å². The Morgan fingerprint density at radius 2 is 2.25 bits per heavy atom. The summed E-state index contributed by atoms with van der Waals surface area (Å²) in [7, 11) is 0. The summed E-state index contributed by atoms with van der Waals surface area (Å²) in [6, 6.07) is 7.41. The first-order chi connectivity index (χ1) is 9.58. The van der Waals surface area contributed by atoms with Crippen LogP contribution >= 0.6 is 0 Å². The number of amides is 1. The van der Waals surface area contributed by atoms with Crippen LogP contribution in [0.4, 0.5) is 11.4 Å². The second kappa shape index (κ2) is 7.85. The molecule has 1 aromatic rings. The van der Waals surface area contributed by atoms with Crippen LogP contribution in [0.15, 0.2) is 30.0 Å². The molecule has 0 aromatic heterocycles. The van der Waals surface area contributed by atoms with E-state index in [1.165, 1.54) is 6.20 Å². The van der Waals surface area contributed by atoms with Crippen molar-refractivity contribution < 1.29 is 4.79 Å². The second-order valence-corrected chi connectivity index (χ2v) is 4.51. The highest BCUT2D eigenvalue weighted by molar-refractivity contribution is 5.97. The molecule has 0 unspecified atom stereocenters. The van der Waals surface area contributed by atoms with Crippen molar-refractivity contribution in [1.29, 1.82) is 5.26 Å². The van der Waals surface area contributed by atoms with E-state index in [1.54, 1.807) is 0 Å². The summed E-state index contributed by atoms with van der Waals surface area (Å²) in [6.45, 7) is 4.55. The Bertz CT molecular complexity index is 543. The number of nitriles is 1. The van der Waals surface area contributed by atoms with Gasteiger partial charge >= 0.3 is 0 Å². The van der Waals surface area contributed by atoms with E-state index < -0.39 is 0 Å². The summed E-state index contributed by atoms with van der Waals surface area (Å²) in [5, 5.41) is 14.6. The Kier molecular flexibility index (Phi) is 6.11. The van der Waals surface area contributed by atoms with E-state index in [9.17, 15) is 4.79 Å². The van der Waals surface area contributed by atoms with Gasteiger partial charge in [-0.25, -0.2) is 0 Å². The standard InChI is InChI=1S/C15H20N4O/c1-3-4-7-18-15(20)12(9-16)10-19-14-6-5-11(2)8-13(14)17/h5-6,8,10,19H,3-4,7,17H2,1-2H3,(H,18,20)/b12-10-. The second-order valence-electron chi connectivity index (χ2n) is 4.51. The van der Waals surface area contributed by atoms with Gasteiger partial charge in [0, 0.05) is 12.7 Å². The lowest BCUT2D eigenvalue weighted by molar-refractivity contribution is -0.117. The third-order valence-electron chi connectivity index (χ3n) is 2.76. The molecule has 0 fully saturated rings. The minimum Gasteiger partial charge on any atom is -0.397 e. The van der Waals surface area contributed by atoms with Crippen LogP contribution in [0.25, 0.3) is 0 Å². The first-order valence-electron chi connectivity index (χ1n) is 6.59. The molecule has 0 bridgehead atoms. The molecule has 0 saturated heterocycles. The number of hydrogen-bond donors (Lipinski definition) is 3. The van der Waals surface area contributed by atoms with Crippen LogP contribution in [-0.2, 0) is 4.79 Å². The number of anilines is 2. The molecule has 0 aliphatic carbocycles. The zero-order valence-electron chi connectivity index (χ0n) is 11.9. The number of nitrogens with zero attached hydrogens (tertiary/aromatic N) is 1. The third-order valence-corrected chi connectivity index (χ3v) is 2.76. The monoisotopic (exact) mass is 272 g/mol. The number of rotatable bonds is 6. The summed E-state index contributed by atoms with van der Waals surface area (Å²) < 4.78 is 0. The number of nitrogen functional groups attached to an aromatic ring is 1. The molecule has 5 nitrogen and oxygen atoms in total. The maximum Gasteiger partial charge on any atom is 0.263 e. The highest BCUT2D eigenvalue weighted by Gasteiger charge is 2.07. The molecule has 0 aliphatic rings. The Balaban J connectivity index is 2.70. The maximum absolute atomic E-state index is 11.7. The summed E-state index contributed by atoms with van der Waals surface area (Å²) >= 11 is 0. The molecule has 1 amide bonds. The zero-order valence-corrected chi connectivity index (χ0v) is 11.9. The quantitative estimate of drug-likeness (QED) is 0.321. The minimum absolute atomic E-state index is 0.0288. The molecule has 106 valence electrons. The predicted octanol–water partition coefficient (Wildman–Crippen LogP) is 2.31. The van der Waals surface area contributed by atoms with Gasteiger partial charge in [-0.3, -0.25) is 4.79 Å². The topological polar surface area (TPSA) is 90.9 Å². The smallest absolute Gasteiger partial charge is 0.263 e. The van der Waals surface area contributed by atoms with Gasteiger partial charge in [0.1, 0.15) is 11.6 Å². The largest absolute Gasteiger partial charge is 0.397 e. The molecular formula is C15H20N4O. The lowest BCUT2D eigenvalue weighted by Crippen LogP contribution is -2.25. The number of benzene rings is 1. The molecule has 0 aliphatic heterocycles. The average molecular weight is 272 g/mol. The third kappa shape index (κ3) is 4.65. The van der Waals surface area contributed by atoms with E-state index in [4.69, 9.17) is 11.0 Å². The van der Waals surface area contributed by atoms with Gasteiger partial charge in [-0.05, 0) is 31.0 Å². The lowest BCUT2D eigenvalue weighted by atomic mass is 10.2. The van der Waals surface area contributed by atoms with E-state index in [-0.39, 0.29) is 11.5 Å². The molecular weight excluding hydrogens is 252 g/mol. The molecule has 20 heavy (non-hydrogen) atoms. The van der Waals surface area contributed by atoms with Crippen molar-refractivity contribution in [1.82, 2.24) is 5.32 Å². The van der Waals surface area contributed by atoms with Gasteiger partial charge in [0.15, 0.2) is 0 Å². The van der Waals surface area contributed by atoms with E-state index >= 15 is 0 Å². The van der Waals surface area contributed by atoms with Crippen molar-refractivity contribution in [3.8, 4) is 6.07 Å². The normalized spacial score (nSPS) is 10.8. The van der Waals surface area contributed by atoms with E-state index in [0.717, 1.165) is 18.4 Å². The highest BCUT2D eigenvalue weighted by atomic mass is 16.1. The van der Waals surface area contributed by atoms with Gasteiger partial charge in [-0.1, -0.05) is 19.4 Å². The van der Waals surface area contributed by atoms with Gasteiger partial charge in [0.25, 0.3) is 5.91 Å². The fourth-order valence-corrected chi connectivity index (χ4v) is 1.59. The average Bonchev–Trinajstić information content (AvgIpc) is 2.42. The first-order valence-corrected chi connectivity index (χ1v) is 6.59. The molecule has 1 rings (SSSR count). The molecule has 0 spiro atoms. The fraction of sp³-hybridized carbons (Fsp3) is 0.333. The van der Waals surface area contributed by atoms with Crippen molar-refractivity contribution >= 4 is 17.3 Å². The van der Waals surface area contributed by atoms with Crippen molar-refractivity contribution in [2.24, 2.45) is 0 Å². The van der Waals surface area contributed by atoms with E-state index in [1.807, 2.05) is 38.1 Å². The van der Waals surface area contributed by atoms with Crippen molar-refractivity contribution in [2.45, 2.75) is 26.7 Å². The van der Waals surface area contributed by atoms with Gasteiger partial charge < -0.3 is 16.4 Å². The number of unbranched alkanes of at least 4 members (excludes halogenated alkanes) is 1. The lowest BCUT2D eigenvalue weighted by Gasteiger charge is -2.07. The number of carbonyl (C=O) groups excluding carboxylic acids is 1. The van der Waals surface area contributed by atoms with Crippen molar-refractivity contribution in [3.63, 3.8) is 0 Å². The molecule has 0 radical (unpaired) electrons. The van der Waals surface area contributed by atoms with Crippen LogP contribution in [-0.4, -0.2) is 12.5 Å². The summed E-state index contributed by atoms with van der Waals surface area (Å²) in [5.41, 5.74) is 8.17. The zero-order chi connectivity index (χ0) is 15.0. The summed E-state index contributed by atoms with van der Waals surface area (Å²) in [4.78, 5) is 11.7. The first kappa shape index (κ1) is 15.6. The Morgan fingerprint density at radius 1 is 1.50 bits per heavy atom. The van der Waals surface area contributed by atoms with Crippen LogP contribution < -0.4 is 16.4 Å². The van der Waals surface area contributed by atoms with Crippen LogP contribution in [0.1, 0.15) is 25.3 Å². The van der Waals surface area contributed by atoms with Crippen LogP contribution in [0.3, 0.4) is 0 Å². The molecule has 0 atom stereocenters. The van der Waals surface area contributed by atoms with E-state index in [2.05, 4.69) is 10.6 Å². The van der Waals surface area contributed by atoms with Gasteiger partial charge in [-0.15, -0.1) is 0 Å². The van der Waals surface area contributed by atoms with Gasteiger partial charge in [-0.2, -0.15) is 5.26 Å². The number of hydrogen-bond acceptors (Lipinski definition) is 4. The van der Waals surface area contributed by atoms with Crippen LogP contribution in [0.5, 0.6) is 0 Å². The van der Waals surface area contributed by atoms with Gasteiger partial charge in [0.05, 0.1) is 11.4 Å².